The van der Waals surface area contributed by atoms with Gasteiger partial charge in [-0.3, -0.25) is 9.69 Å². The van der Waals surface area contributed by atoms with Crippen LogP contribution in [0.15, 0.2) is 0 Å². The first-order valence-electron chi connectivity index (χ1n) is 12.1. The second-order valence-corrected chi connectivity index (χ2v) is 17.8. The lowest BCUT2D eigenvalue weighted by Crippen LogP contribution is -2.65. The fraction of sp³-hybridized carbons (Fsp3) is 0.818. The summed E-state index contributed by atoms with van der Waals surface area (Å²) in [6, 6.07) is -0.990. The highest BCUT2D eigenvalue weighted by Crippen LogP contribution is 2.37. The molecule has 12 nitrogen and oxygen atoms in total. The molecule has 0 aliphatic carbocycles. The molecule has 0 saturated carbocycles. The molecule has 21 heteroatoms. The molecule has 0 aromatic heterocycles. The third kappa shape index (κ3) is 14.0. The van der Waals surface area contributed by atoms with Crippen molar-refractivity contribution in [1.29, 1.82) is 0 Å². The van der Waals surface area contributed by atoms with Crippen LogP contribution in [0.4, 0.5) is 14.4 Å². The highest BCUT2D eigenvalue weighted by molar-refractivity contribution is 6.68. The van der Waals surface area contributed by atoms with E-state index in [-0.39, 0.29) is 19.5 Å². The van der Waals surface area contributed by atoms with Crippen LogP contribution in [0.2, 0.25) is 0 Å². The number of rotatable bonds is 7. The number of halogens is 9. The minimum Gasteiger partial charge on any atom is -0.454 e. The van der Waals surface area contributed by atoms with Crippen LogP contribution in [0.1, 0.15) is 27.2 Å². The van der Waals surface area contributed by atoms with Gasteiger partial charge in [-0.25, -0.2) is 14.4 Å². The molecule has 5 atom stereocenters. The fourth-order valence-corrected chi connectivity index (χ4v) is 4.41. The molecule has 2 saturated heterocycles. The second kappa shape index (κ2) is 15.6. The van der Waals surface area contributed by atoms with E-state index >= 15 is 0 Å². The number of hydrogen-bond acceptors (Lipinski definition) is 12. The highest BCUT2D eigenvalue weighted by Gasteiger charge is 2.57. The summed E-state index contributed by atoms with van der Waals surface area (Å²) >= 11 is 50.8. The quantitative estimate of drug-likeness (QED) is 0.154. The predicted molar refractivity (Wildman–Crippen MR) is 159 cm³/mol. The number of esters is 1. The lowest BCUT2D eigenvalue weighted by Gasteiger charge is -2.45. The summed E-state index contributed by atoms with van der Waals surface area (Å²) in [4.78, 5) is 52.3. The zero-order valence-corrected chi connectivity index (χ0v) is 29.3. The first-order chi connectivity index (χ1) is 19.4. The summed E-state index contributed by atoms with van der Waals surface area (Å²) in [5, 5.41) is 0. The Kier molecular flexibility index (Phi) is 14.2. The molecule has 0 spiro atoms. The number of piperidine rings is 1. The lowest BCUT2D eigenvalue weighted by molar-refractivity contribution is -0.197. The Morgan fingerprint density at radius 2 is 1.05 bits per heavy atom. The summed E-state index contributed by atoms with van der Waals surface area (Å²) in [7, 11) is 0. The average Bonchev–Trinajstić information content (AvgIpc) is 3.22. The molecule has 0 radical (unpaired) electrons. The van der Waals surface area contributed by atoms with Crippen LogP contribution in [-0.2, 0) is 38.0 Å². The van der Waals surface area contributed by atoms with Crippen molar-refractivity contribution < 1.29 is 52.3 Å². The number of carbonyl (C=O) groups excluding carboxylic acids is 4. The molecule has 2 heterocycles. The third-order valence-electron chi connectivity index (χ3n) is 5.59. The largest absolute Gasteiger partial charge is 0.508 e. The Morgan fingerprint density at radius 3 is 1.47 bits per heavy atom. The van der Waals surface area contributed by atoms with Crippen molar-refractivity contribution in [3.63, 3.8) is 0 Å². The number of alkyl halides is 9. The maximum atomic E-state index is 13.0. The molecule has 248 valence electrons. The van der Waals surface area contributed by atoms with E-state index in [2.05, 4.69) is 0 Å². The number of nitrogens with zero attached hydrogens (tertiary/aromatic N) is 1. The van der Waals surface area contributed by atoms with Crippen LogP contribution in [0.3, 0.4) is 0 Å². The smallest absolute Gasteiger partial charge is 0.454 e. The van der Waals surface area contributed by atoms with Gasteiger partial charge in [0.05, 0.1) is 11.5 Å². The Labute approximate surface area is 291 Å². The van der Waals surface area contributed by atoms with Crippen molar-refractivity contribution in [3.8, 4) is 0 Å². The van der Waals surface area contributed by atoms with E-state index in [1.807, 2.05) is 0 Å². The maximum Gasteiger partial charge on any atom is 0.508 e. The van der Waals surface area contributed by atoms with Gasteiger partial charge in [-0.15, -0.1) is 0 Å². The van der Waals surface area contributed by atoms with Crippen molar-refractivity contribution in [2.45, 2.75) is 69.0 Å². The molecule has 0 N–H and O–H groups in total. The van der Waals surface area contributed by atoms with E-state index < -0.39 is 91.5 Å². The van der Waals surface area contributed by atoms with E-state index in [0.717, 1.165) is 0 Å². The van der Waals surface area contributed by atoms with Crippen molar-refractivity contribution in [1.82, 2.24) is 4.90 Å². The van der Waals surface area contributed by atoms with Crippen molar-refractivity contribution >= 4 is 129 Å². The standard InChI is InChI=1S/C22H26Cl9NO11/c1-19(2,3)15(33)42-13-11(41-17(35)38-8-21(26,27)28)6-32-5-4-10(40-16(34)37-7-20(23,24)25)12(32)14(13)43-18(36)39-9-22(29,30)31/h10-14H,4-9H2,1-3H3/t10-,11-,12+,13+,14+/m0/s1. The number of carbonyl (C=O) groups is 4. The van der Waals surface area contributed by atoms with Gasteiger partial charge in [-0.2, -0.15) is 0 Å². The van der Waals surface area contributed by atoms with Gasteiger partial charge in [0, 0.05) is 13.1 Å². The first kappa shape index (κ1) is 39.0. The number of ether oxygens (including phenoxy) is 7. The van der Waals surface area contributed by atoms with Gasteiger partial charge in [-0.1, -0.05) is 104 Å². The van der Waals surface area contributed by atoms with Crippen molar-refractivity contribution in [3.05, 3.63) is 0 Å². The first-order valence-corrected chi connectivity index (χ1v) is 15.5. The van der Waals surface area contributed by atoms with E-state index in [0.29, 0.717) is 0 Å². The molecule has 2 aliphatic rings. The van der Waals surface area contributed by atoms with E-state index in [4.69, 9.17) is 138 Å². The summed E-state index contributed by atoms with van der Waals surface area (Å²) in [6.07, 6.45) is -9.01. The molecule has 2 aliphatic heterocycles. The molecule has 0 aromatic rings. The van der Waals surface area contributed by atoms with Gasteiger partial charge in [0.15, 0.2) is 18.3 Å². The second-order valence-electron chi connectivity index (χ2n) is 10.3. The number of hydrogen-bond donors (Lipinski definition) is 0. The van der Waals surface area contributed by atoms with Gasteiger partial charge in [-0.05, 0) is 27.2 Å². The third-order valence-corrected chi connectivity index (χ3v) is 6.57. The summed E-state index contributed by atoms with van der Waals surface area (Å²) in [5.41, 5.74) is -1.06. The molecule has 2 fully saturated rings. The molecule has 0 aromatic carbocycles. The molecular weight excluding hydrogens is 773 g/mol. The molecule has 2 rings (SSSR count). The van der Waals surface area contributed by atoms with Crippen LogP contribution in [0.25, 0.3) is 0 Å². The van der Waals surface area contributed by atoms with Gasteiger partial charge < -0.3 is 33.2 Å². The summed E-state index contributed by atoms with van der Waals surface area (Å²) < 4.78 is 30.8. The molecular formula is C22H26Cl9NO11. The van der Waals surface area contributed by atoms with Crippen LogP contribution >= 0.6 is 104 Å². The van der Waals surface area contributed by atoms with Gasteiger partial charge in [0.2, 0.25) is 11.4 Å². The predicted octanol–water partition coefficient (Wildman–Crippen LogP) is 6.71. The summed E-state index contributed by atoms with van der Waals surface area (Å²) in [5.74, 6) is -0.769. The molecule has 0 amide bonds. The minimum atomic E-state index is -1.99. The monoisotopic (exact) mass is 795 g/mol. The maximum absolute atomic E-state index is 13.0. The van der Waals surface area contributed by atoms with Crippen molar-refractivity contribution in [2.75, 3.05) is 32.9 Å². The van der Waals surface area contributed by atoms with Crippen LogP contribution in [0, 0.1) is 5.41 Å². The average molecular weight is 800 g/mol. The van der Waals surface area contributed by atoms with Crippen LogP contribution in [0.5, 0.6) is 0 Å². The van der Waals surface area contributed by atoms with E-state index in [1.54, 1.807) is 25.7 Å². The van der Waals surface area contributed by atoms with Gasteiger partial charge in [0.25, 0.3) is 0 Å². The topological polar surface area (TPSA) is 136 Å². The lowest BCUT2D eigenvalue weighted by atomic mass is 9.91. The van der Waals surface area contributed by atoms with Crippen molar-refractivity contribution in [2.24, 2.45) is 5.41 Å². The minimum absolute atomic E-state index is 0.109. The van der Waals surface area contributed by atoms with E-state index in [1.165, 1.54) is 0 Å². The SMILES string of the molecule is CC(C)(C)C(=O)O[C@H]1[C@H](OC(=O)OCC(Cl)(Cl)Cl)[C@H]2[C@@H](OC(=O)OCC(Cl)(Cl)Cl)CCN2C[C@@H]1OC(=O)OCC(Cl)(Cl)Cl. The molecule has 43 heavy (non-hydrogen) atoms. The Bertz CT molecular complexity index is 1010. The summed E-state index contributed by atoms with van der Waals surface area (Å²) in [6.45, 7) is 2.78. The Balaban J connectivity index is 2.42. The van der Waals surface area contributed by atoms with Gasteiger partial charge >= 0.3 is 24.4 Å². The zero-order chi connectivity index (χ0) is 33.0. The Hall–Kier alpha value is -0.150. The van der Waals surface area contributed by atoms with Gasteiger partial charge in [0.1, 0.15) is 25.9 Å². The normalized spacial score (nSPS) is 24.8. The van der Waals surface area contributed by atoms with Crippen LogP contribution in [-0.4, -0.2) is 104 Å². The number of fused-ring (bicyclic) bond motifs is 1. The molecule has 0 bridgehead atoms. The van der Waals surface area contributed by atoms with Crippen LogP contribution < -0.4 is 0 Å². The van der Waals surface area contributed by atoms with E-state index in [9.17, 15) is 19.2 Å². The molecule has 0 unspecified atom stereocenters. The fourth-order valence-electron chi connectivity index (χ4n) is 3.92. The Morgan fingerprint density at radius 1 is 0.628 bits per heavy atom. The highest BCUT2D eigenvalue weighted by atomic mass is 35.6. The zero-order valence-electron chi connectivity index (χ0n) is 22.5.